The molecular weight excluding hydrogens is 334 g/mol. The zero-order valence-electron chi connectivity index (χ0n) is 14.4. The van der Waals surface area contributed by atoms with Gasteiger partial charge in [-0.05, 0) is 24.6 Å². The monoisotopic (exact) mass is 355 g/mol. The SMILES string of the molecule is CCCc1cc(-c2nc(-c3ccnc(OCCOC)c3)cs2)ccn1. The van der Waals surface area contributed by atoms with Crippen LogP contribution in [0.1, 0.15) is 19.0 Å². The summed E-state index contributed by atoms with van der Waals surface area (Å²) in [7, 11) is 1.65. The van der Waals surface area contributed by atoms with Crippen molar-refractivity contribution in [3.63, 3.8) is 0 Å². The lowest BCUT2D eigenvalue weighted by molar-refractivity contribution is 0.144. The van der Waals surface area contributed by atoms with Crippen molar-refractivity contribution in [1.82, 2.24) is 15.0 Å². The van der Waals surface area contributed by atoms with Gasteiger partial charge >= 0.3 is 0 Å². The van der Waals surface area contributed by atoms with Gasteiger partial charge in [0.25, 0.3) is 0 Å². The second kappa shape index (κ2) is 8.69. The number of methoxy groups -OCH3 is 1. The zero-order chi connectivity index (χ0) is 17.5. The van der Waals surface area contributed by atoms with E-state index in [4.69, 9.17) is 14.5 Å². The summed E-state index contributed by atoms with van der Waals surface area (Å²) in [5.41, 5.74) is 4.13. The molecule has 0 aliphatic carbocycles. The number of rotatable bonds is 8. The second-order valence-corrected chi connectivity index (χ2v) is 6.41. The summed E-state index contributed by atoms with van der Waals surface area (Å²) in [5.74, 6) is 0.582. The highest BCUT2D eigenvalue weighted by Gasteiger charge is 2.09. The molecule has 0 unspecified atom stereocenters. The zero-order valence-corrected chi connectivity index (χ0v) is 15.3. The molecule has 0 saturated heterocycles. The number of aryl methyl sites for hydroxylation is 1. The summed E-state index contributed by atoms with van der Waals surface area (Å²) in [6, 6.07) is 7.98. The Kier molecular flexibility index (Phi) is 6.09. The van der Waals surface area contributed by atoms with E-state index in [9.17, 15) is 0 Å². The summed E-state index contributed by atoms with van der Waals surface area (Å²) >= 11 is 1.63. The molecule has 3 aromatic rings. The van der Waals surface area contributed by atoms with Crippen molar-refractivity contribution in [2.24, 2.45) is 0 Å². The molecule has 0 atom stereocenters. The molecule has 0 fully saturated rings. The van der Waals surface area contributed by atoms with Crippen LogP contribution >= 0.6 is 11.3 Å². The van der Waals surface area contributed by atoms with E-state index < -0.39 is 0 Å². The molecule has 6 heteroatoms. The van der Waals surface area contributed by atoms with Crippen molar-refractivity contribution >= 4 is 11.3 Å². The minimum Gasteiger partial charge on any atom is -0.475 e. The number of hydrogen-bond acceptors (Lipinski definition) is 6. The number of thiazole rings is 1. The molecule has 0 aromatic carbocycles. The topological polar surface area (TPSA) is 57.1 Å². The van der Waals surface area contributed by atoms with E-state index in [-0.39, 0.29) is 0 Å². The maximum Gasteiger partial charge on any atom is 0.213 e. The van der Waals surface area contributed by atoms with Crippen LogP contribution in [0.3, 0.4) is 0 Å². The lowest BCUT2D eigenvalue weighted by Gasteiger charge is -2.05. The second-order valence-electron chi connectivity index (χ2n) is 5.55. The van der Waals surface area contributed by atoms with Gasteiger partial charge in [0.2, 0.25) is 5.88 Å². The lowest BCUT2D eigenvalue weighted by Crippen LogP contribution is -2.05. The quantitative estimate of drug-likeness (QED) is 0.566. The Hall–Kier alpha value is -2.31. The van der Waals surface area contributed by atoms with E-state index in [1.165, 1.54) is 0 Å². The molecular formula is C19H21N3O2S. The number of ether oxygens (including phenoxy) is 2. The smallest absolute Gasteiger partial charge is 0.213 e. The van der Waals surface area contributed by atoms with Crippen molar-refractivity contribution in [2.45, 2.75) is 19.8 Å². The predicted molar refractivity (Wildman–Crippen MR) is 99.9 cm³/mol. The van der Waals surface area contributed by atoms with Gasteiger partial charge in [0, 0.05) is 47.8 Å². The minimum absolute atomic E-state index is 0.479. The number of aromatic nitrogens is 3. The van der Waals surface area contributed by atoms with E-state index in [2.05, 4.69) is 28.3 Å². The van der Waals surface area contributed by atoms with Crippen molar-refractivity contribution in [2.75, 3.05) is 20.3 Å². The molecule has 0 aliphatic heterocycles. The van der Waals surface area contributed by atoms with Gasteiger partial charge in [-0.3, -0.25) is 4.98 Å². The van der Waals surface area contributed by atoms with E-state index in [1.54, 1.807) is 24.6 Å². The van der Waals surface area contributed by atoms with Crippen LogP contribution < -0.4 is 4.74 Å². The van der Waals surface area contributed by atoms with Crippen molar-refractivity contribution < 1.29 is 9.47 Å². The maximum atomic E-state index is 5.57. The van der Waals surface area contributed by atoms with Gasteiger partial charge < -0.3 is 9.47 Å². The fraction of sp³-hybridized carbons (Fsp3) is 0.316. The van der Waals surface area contributed by atoms with Crippen LogP contribution in [-0.4, -0.2) is 35.3 Å². The Balaban J connectivity index is 1.79. The number of nitrogens with zero attached hydrogens (tertiary/aromatic N) is 3. The van der Waals surface area contributed by atoms with Gasteiger partial charge in [-0.1, -0.05) is 13.3 Å². The average molecular weight is 355 g/mol. The average Bonchev–Trinajstić information content (AvgIpc) is 3.13. The molecule has 0 spiro atoms. The predicted octanol–water partition coefficient (Wildman–Crippen LogP) is 4.24. The minimum atomic E-state index is 0.479. The van der Waals surface area contributed by atoms with Crippen LogP contribution in [0, 0.1) is 0 Å². The molecule has 0 radical (unpaired) electrons. The number of pyridine rings is 2. The molecule has 3 rings (SSSR count). The first-order valence-electron chi connectivity index (χ1n) is 8.29. The highest BCUT2D eigenvalue weighted by atomic mass is 32.1. The fourth-order valence-corrected chi connectivity index (χ4v) is 3.25. The highest BCUT2D eigenvalue weighted by molar-refractivity contribution is 7.13. The summed E-state index contributed by atoms with van der Waals surface area (Å²) < 4.78 is 10.6. The Bertz CT molecular complexity index is 820. The van der Waals surface area contributed by atoms with Crippen LogP contribution in [0.4, 0.5) is 0 Å². The summed E-state index contributed by atoms with van der Waals surface area (Å²) in [4.78, 5) is 13.4. The van der Waals surface area contributed by atoms with Crippen molar-refractivity contribution in [1.29, 1.82) is 0 Å². The third-order valence-corrected chi connectivity index (χ3v) is 4.53. The lowest BCUT2D eigenvalue weighted by atomic mass is 10.1. The van der Waals surface area contributed by atoms with Gasteiger partial charge in [-0.15, -0.1) is 11.3 Å². The molecule has 0 saturated carbocycles. The van der Waals surface area contributed by atoms with Gasteiger partial charge in [0.1, 0.15) is 11.6 Å². The third-order valence-electron chi connectivity index (χ3n) is 3.64. The standard InChI is InChI=1S/C19H21N3O2S/c1-3-4-16-11-15(6-7-20-16)19-22-17(13-25-19)14-5-8-21-18(12-14)24-10-9-23-2/h5-8,11-13H,3-4,9-10H2,1-2H3. The number of hydrogen-bond donors (Lipinski definition) is 0. The van der Waals surface area contributed by atoms with Crippen LogP contribution in [0.5, 0.6) is 5.88 Å². The molecule has 25 heavy (non-hydrogen) atoms. The first-order valence-corrected chi connectivity index (χ1v) is 9.17. The maximum absolute atomic E-state index is 5.57. The van der Waals surface area contributed by atoms with E-state index >= 15 is 0 Å². The summed E-state index contributed by atoms with van der Waals surface area (Å²) in [6.45, 7) is 3.17. The van der Waals surface area contributed by atoms with Crippen LogP contribution in [-0.2, 0) is 11.2 Å². The van der Waals surface area contributed by atoms with Crippen LogP contribution in [0.2, 0.25) is 0 Å². The van der Waals surface area contributed by atoms with Crippen LogP contribution in [0.15, 0.2) is 42.0 Å². The van der Waals surface area contributed by atoms with Crippen LogP contribution in [0.25, 0.3) is 21.8 Å². The molecule has 130 valence electrons. The van der Waals surface area contributed by atoms with Crippen molar-refractivity contribution in [3.8, 4) is 27.7 Å². The van der Waals surface area contributed by atoms with Gasteiger partial charge in [0.05, 0.1) is 12.3 Å². The Morgan fingerprint density at radius 1 is 1.04 bits per heavy atom. The molecule has 3 aromatic heterocycles. The third kappa shape index (κ3) is 4.61. The van der Waals surface area contributed by atoms with Gasteiger partial charge in [-0.2, -0.15) is 0 Å². The Morgan fingerprint density at radius 2 is 1.88 bits per heavy atom. The first kappa shape index (κ1) is 17.5. The summed E-state index contributed by atoms with van der Waals surface area (Å²) in [5, 5.41) is 3.05. The van der Waals surface area contributed by atoms with Gasteiger partial charge in [-0.25, -0.2) is 9.97 Å². The first-order chi connectivity index (χ1) is 12.3. The summed E-state index contributed by atoms with van der Waals surface area (Å²) in [6.07, 6.45) is 5.67. The molecule has 5 nitrogen and oxygen atoms in total. The molecule has 3 heterocycles. The molecule has 0 aliphatic rings. The van der Waals surface area contributed by atoms with Gasteiger partial charge in [0.15, 0.2) is 0 Å². The Morgan fingerprint density at radius 3 is 2.72 bits per heavy atom. The largest absolute Gasteiger partial charge is 0.475 e. The Labute approximate surface area is 151 Å². The van der Waals surface area contributed by atoms with E-state index in [1.807, 2.05) is 24.4 Å². The van der Waals surface area contributed by atoms with Crippen molar-refractivity contribution in [3.05, 3.63) is 47.7 Å². The molecule has 0 N–H and O–H groups in total. The van der Waals surface area contributed by atoms with E-state index in [0.29, 0.717) is 19.1 Å². The van der Waals surface area contributed by atoms with E-state index in [0.717, 1.165) is 40.4 Å². The molecule has 0 amide bonds. The highest BCUT2D eigenvalue weighted by Crippen LogP contribution is 2.30. The molecule has 0 bridgehead atoms. The normalized spacial score (nSPS) is 10.8. The fourth-order valence-electron chi connectivity index (χ4n) is 2.42.